The number of pyridine rings is 2. The van der Waals surface area contributed by atoms with Gasteiger partial charge in [0.15, 0.2) is 5.65 Å². The first kappa shape index (κ1) is 21.4. The maximum Gasteiger partial charge on any atom is 0.417 e. The van der Waals surface area contributed by atoms with E-state index in [2.05, 4.69) is 15.1 Å². The van der Waals surface area contributed by atoms with Crippen molar-refractivity contribution in [3.63, 3.8) is 0 Å². The molecule has 2 aromatic carbocycles. The fraction of sp³-hybridized carbons (Fsp3) is 0.0417. The summed E-state index contributed by atoms with van der Waals surface area (Å²) in [7, 11) is 0. The van der Waals surface area contributed by atoms with Gasteiger partial charge in [0.05, 0.1) is 28.0 Å². The van der Waals surface area contributed by atoms with Crippen LogP contribution in [0.2, 0.25) is 10.0 Å². The van der Waals surface area contributed by atoms with E-state index >= 15 is 0 Å². The van der Waals surface area contributed by atoms with Crippen molar-refractivity contribution in [1.29, 1.82) is 0 Å². The molecule has 0 unspecified atom stereocenters. The second-order valence-corrected chi connectivity index (χ2v) is 8.08. The highest BCUT2D eigenvalue weighted by Gasteiger charge is 2.36. The molecule has 164 valence electrons. The lowest BCUT2D eigenvalue weighted by Gasteiger charge is -2.12. The molecule has 9 heteroatoms. The zero-order valence-corrected chi connectivity index (χ0v) is 18.2. The molecule has 0 saturated carbocycles. The van der Waals surface area contributed by atoms with Crippen molar-refractivity contribution in [3.05, 3.63) is 94.6 Å². The van der Waals surface area contributed by atoms with E-state index in [0.29, 0.717) is 27.0 Å². The summed E-state index contributed by atoms with van der Waals surface area (Å²) in [4.78, 5) is 8.74. The third-order valence-corrected chi connectivity index (χ3v) is 5.56. The van der Waals surface area contributed by atoms with Crippen LogP contribution in [0.4, 0.5) is 13.2 Å². The lowest BCUT2D eigenvalue weighted by molar-refractivity contribution is -0.136. The van der Waals surface area contributed by atoms with Crippen molar-refractivity contribution in [3.8, 4) is 28.3 Å². The first-order valence-electron chi connectivity index (χ1n) is 9.75. The number of hydrogen-bond acceptors (Lipinski definition) is 3. The zero-order valence-electron chi connectivity index (χ0n) is 16.7. The lowest BCUT2D eigenvalue weighted by atomic mass is 10.0. The van der Waals surface area contributed by atoms with E-state index < -0.39 is 11.7 Å². The molecule has 4 nitrogen and oxygen atoms in total. The summed E-state index contributed by atoms with van der Waals surface area (Å²) in [5.41, 5.74) is 0.758. The van der Waals surface area contributed by atoms with Gasteiger partial charge in [-0.25, -0.2) is 9.67 Å². The van der Waals surface area contributed by atoms with Crippen molar-refractivity contribution < 1.29 is 13.2 Å². The zero-order chi connectivity index (χ0) is 23.2. The Morgan fingerprint density at radius 1 is 0.788 bits per heavy atom. The predicted octanol–water partition coefficient (Wildman–Crippen LogP) is 7.48. The molecule has 5 rings (SSSR count). The van der Waals surface area contributed by atoms with Crippen LogP contribution >= 0.6 is 23.2 Å². The number of hydrogen-bond donors (Lipinski definition) is 0. The van der Waals surface area contributed by atoms with Crippen LogP contribution in [0.25, 0.3) is 39.4 Å². The summed E-state index contributed by atoms with van der Waals surface area (Å²) in [6, 6.07) is 19.1. The van der Waals surface area contributed by atoms with Gasteiger partial charge in [0.2, 0.25) is 0 Å². The monoisotopic (exact) mass is 484 g/mol. The molecule has 0 aliphatic heterocycles. The minimum atomic E-state index is -4.65. The highest BCUT2D eigenvalue weighted by atomic mass is 35.5. The highest BCUT2D eigenvalue weighted by molar-refractivity contribution is 6.30. The Morgan fingerprint density at radius 2 is 1.45 bits per heavy atom. The van der Waals surface area contributed by atoms with Gasteiger partial charge >= 0.3 is 6.18 Å². The third kappa shape index (κ3) is 4.05. The molecule has 33 heavy (non-hydrogen) atoms. The number of benzene rings is 2. The van der Waals surface area contributed by atoms with Crippen molar-refractivity contribution >= 4 is 34.2 Å². The number of aromatic nitrogens is 4. The van der Waals surface area contributed by atoms with Gasteiger partial charge in [-0.15, -0.1) is 0 Å². The van der Waals surface area contributed by atoms with E-state index in [-0.39, 0.29) is 22.4 Å². The van der Waals surface area contributed by atoms with Gasteiger partial charge in [0, 0.05) is 21.8 Å². The van der Waals surface area contributed by atoms with Crippen LogP contribution in [0.5, 0.6) is 0 Å². The fourth-order valence-electron chi connectivity index (χ4n) is 3.56. The topological polar surface area (TPSA) is 43.6 Å². The maximum absolute atomic E-state index is 14.3. The van der Waals surface area contributed by atoms with Gasteiger partial charge in [-0.2, -0.15) is 18.3 Å². The van der Waals surface area contributed by atoms with Crippen molar-refractivity contribution in [2.24, 2.45) is 0 Å². The van der Waals surface area contributed by atoms with Crippen molar-refractivity contribution in [2.45, 2.75) is 6.18 Å². The van der Waals surface area contributed by atoms with Crippen LogP contribution < -0.4 is 0 Å². The number of halogens is 5. The van der Waals surface area contributed by atoms with E-state index in [1.165, 1.54) is 10.9 Å². The number of alkyl halides is 3. The second kappa shape index (κ2) is 8.17. The van der Waals surface area contributed by atoms with Crippen molar-refractivity contribution in [1.82, 2.24) is 19.7 Å². The van der Waals surface area contributed by atoms with Crippen LogP contribution in [-0.2, 0) is 6.18 Å². The molecule has 3 heterocycles. The fourth-order valence-corrected chi connectivity index (χ4v) is 3.81. The Morgan fingerprint density at radius 3 is 2.06 bits per heavy atom. The average molecular weight is 485 g/mol. The van der Waals surface area contributed by atoms with Gasteiger partial charge in [0.25, 0.3) is 0 Å². The quantitative estimate of drug-likeness (QED) is 0.266. The average Bonchev–Trinajstić information content (AvgIpc) is 3.19. The Bertz CT molecular complexity index is 1450. The molecule has 0 fully saturated rings. The molecule has 0 amide bonds. The van der Waals surface area contributed by atoms with Crippen molar-refractivity contribution in [2.75, 3.05) is 0 Å². The largest absolute Gasteiger partial charge is 0.417 e. The van der Waals surface area contributed by atoms with E-state index in [1.807, 2.05) is 0 Å². The van der Waals surface area contributed by atoms with Crippen LogP contribution in [-0.4, -0.2) is 19.7 Å². The molecule has 0 aliphatic carbocycles. The van der Waals surface area contributed by atoms with E-state index in [1.54, 1.807) is 66.7 Å². The number of nitrogens with zero attached hydrogens (tertiary/aromatic N) is 4. The summed E-state index contributed by atoms with van der Waals surface area (Å²) < 4.78 is 44.3. The molecule has 0 aliphatic rings. The summed E-state index contributed by atoms with van der Waals surface area (Å²) in [5.74, 6) is 0. The Kier molecular flexibility index (Phi) is 5.31. The summed E-state index contributed by atoms with van der Waals surface area (Å²) in [6.45, 7) is 0. The van der Waals surface area contributed by atoms with Gasteiger partial charge in [0.1, 0.15) is 5.69 Å². The van der Waals surface area contributed by atoms with Gasteiger partial charge in [-0.05, 0) is 54.6 Å². The predicted molar refractivity (Wildman–Crippen MR) is 123 cm³/mol. The normalized spacial score (nSPS) is 11.8. The smallest absolute Gasteiger partial charge is 0.255 e. The first-order chi connectivity index (χ1) is 15.8. The molecule has 0 radical (unpaired) electrons. The Balaban J connectivity index is 1.89. The third-order valence-electron chi connectivity index (χ3n) is 5.06. The van der Waals surface area contributed by atoms with Crippen LogP contribution in [0.3, 0.4) is 0 Å². The van der Waals surface area contributed by atoms with Crippen LogP contribution in [0.1, 0.15) is 5.56 Å². The molecular formula is C24H13Cl2F3N4. The van der Waals surface area contributed by atoms with E-state index in [4.69, 9.17) is 23.2 Å². The second-order valence-electron chi connectivity index (χ2n) is 7.21. The van der Waals surface area contributed by atoms with Gasteiger partial charge < -0.3 is 0 Å². The molecule has 3 aromatic heterocycles. The van der Waals surface area contributed by atoms with Crippen LogP contribution in [0, 0.1) is 0 Å². The lowest BCUT2D eigenvalue weighted by Crippen LogP contribution is -2.08. The Hall–Kier alpha value is -3.42. The molecule has 0 bridgehead atoms. The molecule has 0 N–H and O–H groups in total. The van der Waals surface area contributed by atoms with E-state index in [9.17, 15) is 13.2 Å². The molecule has 0 atom stereocenters. The molecule has 0 saturated heterocycles. The summed E-state index contributed by atoms with van der Waals surface area (Å²) >= 11 is 12.0. The van der Waals surface area contributed by atoms with Crippen LogP contribution in [0.15, 0.2) is 79.0 Å². The maximum atomic E-state index is 14.3. The number of fused-ring (bicyclic) bond motifs is 1. The summed E-state index contributed by atoms with van der Waals surface area (Å²) in [5, 5.41) is 5.39. The summed E-state index contributed by atoms with van der Waals surface area (Å²) in [6.07, 6.45) is -3.15. The molecular weight excluding hydrogens is 472 g/mol. The SMILES string of the molecule is FC(F)(F)c1cc(-c2ccccn2)nc2c1c(-c1ccc(Cl)cc1)nn2-c1ccc(Cl)cc1. The van der Waals surface area contributed by atoms with E-state index in [0.717, 1.165) is 6.07 Å². The van der Waals surface area contributed by atoms with Gasteiger partial charge in [-0.1, -0.05) is 41.4 Å². The first-order valence-corrected chi connectivity index (χ1v) is 10.5. The number of rotatable bonds is 3. The molecule has 0 spiro atoms. The van der Waals surface area contributed by atoms with Gasteiger partial charge in [-0.3, -0.25) is 4.98 Å². The standard InChI is InChI=1S/C24H13Cl2F3N4/c25-15-6-4-14(5-7-15)22-21-18(24(27,28)29)13-20(19-3-1-2-12-30-19)31-23(21)33(32-22)17-10-8-16(26)9-11-17/h1-13H. The minimum Gasteiger partial charge on any atom is -0.255 e. The molecule has 5 aromatic rings. The Labute approximate surface area is 196 Å². The highest BCUT2D eigenvalue weighted by Crippen LogP contribution is 2.41. The minimum absolute atomic E-state index is 0.0535.